The van der Waals surface area contributed by atoms with Crippen LogP contribution in [0.5, 0.6) is 0 Å². The van der Waals surface area contributed by atoms with Gasteiger partial charge in [0, 0.05) is 25.1 Å². The molecular weight excluding hydrogens is 172 g/mol. The number of hydrogen-bond acceptors (Lipinski definition) is 2. The van der Waals surface area contributed by atoms with Crippen molar-refractivity contribution in [2.45, 2.75) is 19.8 Å². The van der Waals surface area contributed by atoms with Crippen molar-refractivity contribution in [1.29, 1.82) is 0 Å². The van der Waals surface area contributed by atoms with E-state index >= 15 is 0 Å². The molecule has 14 heavy (non-hydrogen) atoms. The molecule has 0 amide bonds. The van der Waals surface area contributed by atoms with Gasteiger partial charge in [-0.05, 0) is 12.5 Å². The summed E-state index contributed by atoms with van der Waals surface area (Å²) in [4.78, 5) is 0. The molecule has 0 aliphatic carbocycles. The molecule has 1 atom stereocenters. The molecule has 2 heteroatoms. The fourth-order valence-electron chi connectivity index (χ4n) is 2.10. The highest BCUT2D eigenvalue weighted by Crippen LogP contribution is 2.24. The first-order chi connectivity index (χ1) is 6.68. The lowest BCUT2D eigenvalue weighted by molar-refractivity contribution is 0.338. The molecule has 0 fully saturated rings. The van der Waals surface area contributed by atoms with Crippen LogP contribution in [0.4, 0.5) is 0 Å². The van der Waals surface area contributed by atoms with Crippen molar-refractivity contribution < 1.29 is 0 Å². The van der Waals surface area contributed by atoms with Gasteiger partial charge in [-0.3, -0.25) is 5.01 Å². The molecule has 0 N–H and O–H groups in total. The van der Waals surface area contributed by atoms with E-state index in [2.05, 4.69) is 43.2 Å². The number of hydrazone groups is 1. The van der Waals surface area contributed by atoms with Crippen molar-refractivity contribution in [2.75, 3.05) is 13.6 Å². The number of nitrogens with zero attached hydrogens (tertiary/aromatic N) is 2. The third kappa shape index (κ3) is 1.52. The SMILES string of the molecule is CC1=NN(C)CC(C)c2ccccc21. The van der Waals surface area contributed by atoms with Gasteiger partial charge in [-0.25, -0.2) is 0 Å². The summed E-state index contributed by atoms with van der Waals surface area (Å²) in [5, 5.41) is 6.55. The highest BCUT2D eigenvalue weighted by Gasteiger charge is 2.17. The average Bonchev–Trinajstić information content (AvgIpc) is 2.26. The van der Waals surface area contributed by atoms with Crippen molar-refractivity contribution in [2.24, 2.45) is 5.10 Å². The van der Waals surface area contributed by atoms with E-state index in [0.717, 1.165) is 12.3 Å². The molecule has 1 aliphatic rings. The lowest BCUT2D eigenvalue weighted by Gasteiger charge is -2.16. The van der Waals surface area contributed by atoms with Gasteiger partial charge in [0.05, 0.1) is 5.71 Å². The predicted octanol–water partition coefficient (Wildman–Crippen LogP) is 2.46. The number of hydrogen-bond donors (Lipinski definition) is 0. The average molecular weight is 188 g/mol. The summed E-state index contributed by atoms with van der Waals surface area (Å²) in [6.45, 7) is 5.32. The molecular formula is C12H16N2. The Morgan fingerprint density at radius 3 is 2.86 bits per heavy atom. The van der Waals surface area contributed by atoms with Crippen molar-refractivity contribution in [1.82, 2.24) is 5.01 Å². The summed E-state index contributed by atoms with van der Waals surface area (Å²) >= 11 is 0. The molecule has 1 aliphatic heterocycles. The summed E-state index contributed by atoms with van der Waals surface area (Å²) in [5.41, 5.74) is 3.83. The van der Waals surface area contributed by atoms with Crippen LogP contribution in [0.2, 0.25) is 0 Å². The van der Waals surface area contributed by atoms with E-state index in [0.29, 0.717) is 5.92 Å². The second-order valence-corrected chi connectivity index (χ2v) is 4.01. The Hall–Kier alpha value is -1.31. The Balaban J connectivity index is 2.54. The van der Waals surface area contributed by atoms with Crippen LogP contribution in [0.25, 0.3) is 0 Å². The van der Waals surface area contributed by atoms with Gasteiger partial charge in [-0.15, -0.1) is 0 Å². The molecule has 74 valence electrons. The molecule has 2 rings (SSSR count). The maximum absolute atomic E-state index is 4.52. The van der Waals surface area contributed by atoms with E-state index in [1.165, 1.54) is 11.1 Å². The van der Waals surface area contributed by atoms with Gasteiger partial charge in [0.1, 0.15) is 0 Å². The van der Waals surface area contributed by atoms with Crippen LogP contribution in [0.15, 0.2) is 29.4 Å². The van der Waals surface area contributed by atoms with Crippen LogP contribution in [0.1, 0.15) is 30.9 Å². The van der Waals surface area contributed by atoms with Gasteiger partial charge in [-0.2, -0.15) is 5.10 Å². The molecule has 0 spiro atoms. The maximum Gasteiger partial charge on any atom is 0.0649 e. The predicted molar refractivity (Wildman–Crippen MR) is 59.7 cm³/mol. The van der Waals surface area contributed by atoms with Gasteiger partial charge in [0.15, 0.2) is 0 Å². The normalized spacial score (nSPS) is 21.2. The zero-order valence-corrected chi connectivity index (χ0v) is 8.99. The summed E-state index contributed by atoms with van der Waals surface area (Å²) < 4.78 is 0. The van der Waals surface area contributed by atoms with Crippen LogP contribution in [0.3, 0.4) is 0 Å². The van der Waals surface area contributed by atoms with Crippen LogP contribution in [0, 0.1) is 0 Å². The number of rotatable bonds is 0. The molecule has 1 heterocycles. The van der Waals surface area contributed by atoms with Gasteiger partial charge < -0.3 is 0 Å². The first-order valence-electron chi connectivity index (χ1n) is 5.04. The van der Waals surface area contributed by atoms with Crippen LogP contribution in [-0.2, 0) is 0 Å². The van der Waals surface area contributed by atoms with Gasteiger partial charge in [0.25, 0.3) is 0 Å². The largest absolute Gasteiger partial charge is 0.299 e. The topological polar surface area (TPSA) is 15.6 Å². The minimum atomic E-state index is 0.553. The van der Waals surface area contributed by atoms with Crippen molar-refractivity contribution in [3.05, 3.63) is 35.4 Å². The van der Waals surface area contributed by atoms with E-state index in [-0.39, 0.29) is 0 Å². The molecule has 1 unspecified atom stereocenters. The monoisotopic (exact) mass is 188 g/mol. The highest BCUT2D eigenvalue weighted by atomic mass is 15.4. The third-order valence-electron chi connectivity index (χ3n) is 2.74. The summed E-state index contributed by atoms with van der Waals surface area (Å²) in [6.07, 6.45) is 0. The fraction of sp³-hybridized carbons (Fsp3) is 0.417. The molecule has 1 aromatic carbocycles. The lowest BCUT2D eigenvalue weighted by Crippen LogP contribution is -2.16. The van der Waals surface area contributed by atoms with E-state index in [4.69, 9.17) is 0 Å². The zero-order chi connectivity index (χ0) is 10.1. The Kier molecular flexibility index (Phi) is 2.28. The van der Waals surface area contributed by atoms with Crippen LogP contribution < -0.4 is 0 Å². The first kappa shape index (κ1) is 9.25. The molecule has 0 saturated heterocycles. The molecule has 2 nitrogen and oxygen atoms in total. The lowest BCUT2D eigenvalue weighted by atomic mass is 9.94. The van der Waals surface area contributed by atoms with E-state index in [1.54, 1.807) is 0 Å². The standard InChI is InChI=1S/C12H16N2/c1-9-8-14(3)13-10(2)12-7-5-4-6-11(9)12/h4-7,9H,8H2,1-3H3. The summed E-state index contributed by atoms with van der Waals surface area (Å²) in [6, 6.07) is 8.55. The fourth-order valence-corrected chi connectivity index (χ4v) is 2.10. The number of fused-ring (bicyclic) bond motifs is 1. The molecule has 0 aromatic heterocycles. The minimum absolute atomic E-state index is 0.553. The van der Waals surface area contributed by atoms with Crippen LogP contribution >= 0.6 is 0 Å². The molecule has 0 saturated carbocycles. The maximum atomic E-state index is 4.52. The summed E-state index contributed by atoms with van der Waals surface area (Å²) in [7, 11) is 2.03. The number of benzene rings is 1. The Labute approximate surface area is 85.2 Å². The van der Waals surface area contributed by atoms with Gasteiger partial charge >= 0.3 is 0 Å². The second-order valence-electron chi connectivity index (χ2n) is 4.01. The van der Waals surface area contributed by atoms with E-state index < -0.39 is 0 Å². The molecule has 0 bridgehead atoms. The van der Waals surface area contributed by atoms with Crippen LogP contribution in [-0.4, -0.2) is 24.3 Å². The minimum Gasteiger partial charge on any atom is -0.299 e. The number of likely N-dealkylation sites (N-methyl/N-ethyl adjacent to an activating group) is 1. The highest BCUT2D eigenvalue weighted by molar-refractivity contribution is 6.00. The molecule has 0 radical (unpaired) electrons. The van der Waals surface area contributed by atoms with Gasteiger partial charge in [0.2, 0.25) is 0 Å². The zero-order valence-electron chi connectivity index (χ0n) is 8.99. The van der Waals surface area contributed by atoms with E-state index in [9.17, 15) is 0 Å². The van der Waals surface area contributed by atoms with E-state index in [1.807, 2.05) is 12.1 Å². The molecule has 1 aromatic rings. The van der Waals surface area contributed by atoms with Crippen molar-refractivity contribution in [3.63, 3.8) is 0 Å². The first-order valence-corrected chi connectivity index (χ1v) is 5.04. The Morgan fingerprint density at radius 2 is 2.07 bits per heavy atom. The quantitative estimate of drug-likeness (QED) is 0.610. The second kappa shape index (κ2) is 3.45. The van der Waals surface area contributed by atoms with Gasteiger partial charge in [-0.1, -0.05) is 31.2 Å². The Bertz CT molecular complexity index is 368. The summed E-state index contributed by atoms with van der Waals surface area (Å²) in [5.74, 6) is 0.553. The smallest absolute Gasteiger partial charge is 0.0649 e. The third-order valence-corrected chi connectivity index (χ3v) is 2.74. The van der Waals surface area contributed by atoms with Crippen molar-refractivity contribution in [3.8, 4) is 0 Å². The van der Waals surface area contributed by atoms with Crippen molar-refractivity contribution >= 4 is 5.71 Å². The Morgan fingerprint density at radius 1 is 1.36 bits per heavy atom.